The van der Waals surface area contributed by atoms with Gasteiger partial charge >= 0.3 is 0 Å². The van der Waals surface area contributed by atoms with Crippen molar-refractivity contribution in [3.05, 3.63) is 30.1 Å². The van der Waals surface area contributed by atoms with Gasteiger partial charge in [-0.2, -0.15) is 0 Å². The molecule has 0 radical (unpaired) electrons. The number of pyridine rings is 1. The van der Waals surface area contributed by atoms with Crippen molar-refractivity contribution >= 4 is 16.9 Å². The van der Waals surface area contributed by atoms with E-state index < -0.39 is 0 Å². The molecule has 5 heteroatoms. The number of hydrogen-bond donors (Lipinski definition) is 0. The zero-order valence-electron chi connectivity index (χ0n) is 11.7. The van der Waals surface area contributed by atoms with Crippen molar-refractivity contribution in [2.45, 2.75) is 31.9 Å². The molecule has 0 aliphatic carbocycles. The van der Waals surface area contributed by atoms with Gasteiger partial charge in [0.05, 0.1) is 6.10 Å². The van der Waals surface area contributed by atoms with Crippen LogP contribution in [0.3, 0.4) is 0 Å². The fourth-order valence-corrected chi connectivity index (χ4v) is 3.56. The van der Waals surface area contributed by atoms with Crippen LogP contribution in [0.2, 0.25) is 0 Å². The monoisotopic (exact) mass is 291 g/mol. The maximum atomic E-state index is 5.79. The van der Waals surface area contributed by atoms with Crippen LogP contribution in [0, 0.1) is 0 Å². The molecule has 2 aliphatic heterocycles. The lowest BCUT2D eigenvalue weighted by molar-refractivity contribution is 0.0906. The molecule has 3 heterocycles. The quantitative estimate of drug-likeness (QED) is 0.854. The van der Waals surface area contributed by atoms with Gasteiger partial charge in [-0.25, -0.2) is 0 Å². The minimum atomic E-state index is 0.358. The SMILES string of the molecule is c1cncc(CN(CC2CCCO2)C2=NCCCS2)c1. The average molecular weight is 291 g/mol. The van der Waals surface area contributed by atoms with E-state index in [1.165, 1.54) is 35.7 Å². The van der Waals surface area contributed by atoms with E-state index in [0.29, 0.717) is 6.10 Å². The third-order valence-corrected chi connectivity index (χ3v) is 4.73. The van der Waals surface area contributed by atoms with Crippen molar-refractivity contribution in [3.8, 4) is 0 Å². The Kier molecular flexibility index (Phi) is 4.92. The average Bonchev–Trinajstić information content (AvgIpc) is 3.02. The van der Waals surface area contributed by atoms with E-state index in [1.807, 2.05) is 30.2 Å². The molecule has 1 aromatic heterocycles. The van der Waals surface area contributed by atoms with Crippen LogP contribution in [0.5, 0.6) is 0 Å². The van der Waals surface area contributed by atoms with Crippen molar-refractivity contribution in [1.82, 2.24) is 9.88 Å². The van der Waals surface area contributed by atoms with E-state index in [1.54, 1.807) is 0 Å². The van der Waals surface area contributed by atoms with Gasteiger partial charge < -0.3 is 9.64 Å². The van der Waals surface area contributed by atoms with Gasteiger partial charge in [0.2, 0.25) is 0 Å². The molecule has 0 amide bonds. The maximum absolute atomic E-state index is 5.79. The zero-order valence-corrected chi connectivity index (χ0v) is 12.5. The van der Waals surface area contributed by atoms with E-state index in [-0.39, 0.29) is 0 Å². The Labute approximate surface area is 124 Å². The Morgan fingerprint density at radius 2 is 2.40 bits per heavy atom. The highest BCUT2D eigenvalue weighted by Gasteiger charge is 2.22. The predicted molar refractivity (Wildman–Crippen MR) is 83.0 cm³/mol. The second kappa shape index (κ2) is 7.09. The molecule has 0 bridgehead atoms. The molecular weight excluding hydrogens is 270 g/mol. The Hall–Kier alpha value is -1.07. The van der Waals surface area contributed by atoms with Crippen LogP contribution in [0.4, 0.5) is 0 Å². The summed E-state index contributed by atoms with van der Waals surface area (Å²) in [5.74, 6) is 1.17. The van der Waals surface area contributed by atoms with Crippen molar-refractivity contribution in [3.63, 3.8) is 0 Å². The van der Waals surface area contributed by atoms with Crippen LogP contribution >= 0.6 is 11.8 Å². The number of rotatable bonds is 4. The Bertz CT molecular complexity index is 446. The summed E-state index contributed by atoms with van der Waals surface area (Å²) in [4.78, 5) is 11.3. The van der Waals surface area contributed by atoms with E-state index in [2.05, 4.69) is 16.0 Å². The first-order valence-corrected chi connectivity index (χ1v) is 8.33. The van der Waals surface area contributed by atoms with Gasteiger partial charge in [-0.15, -0.1) is 0 Å². The molecule has 1 atom stereocenters. The number of thioether (sulfide) groups is 1. The molecule has 0 spiro atoms. The smallest absolute Gasteiger partial charge is 0.159 e. The second-order valence-electron chi connectivity index (χ2n) is 5.24. The van der Waals surface area contributed by atoms with Crippen molar-refractivity contribution < 1.29 is 4.74 Å². The van der Waals surface area contributed by atoms with Crippen LogP contribution < -0.4 is 0 Å². The van der Waals surface area contributed by atoms with E-state index in [0.717, 1.165) is 26.2 Å². The molecule has 108 valence electrons. The Balaban J connectivity index is 1.70. The lowest BCUT2D eigenvalue weighted by Gasteiger charge is -2.29. The van der Waals surface area contributed by atoms with Gasteiger partial charge in [0.15, 0.2) is 5.17 Å². The van der Waals surface area contributed by atoms with Gasteiger partial charge in [0.1, 0.15) is 0 Å². The van der Waals surface area contributed by atoms with Gasteiger partial charge in [-0.05, 0) is 30.9 Å². The number of ether oxygens (including phenoxy) is 1. The summed E-state index contributed by atoms with van der Waals surface area (Å²) in [6.07, 6.45) is 7.66. The third-order valence-electron chi connectivity index (χ3n) is 3.60. The van der Waals surface area contributed by atoms with Crippen molar-refractivity contribution in [2.75, 3.05) is 25.4 Å². The van der Waals surface area contributed by atoms with Gasteiger partial charge in [-0.3, -0.25) is 9.98 Å². The van der Waals surface area contributed by atoms with Crippen LogP contribution in [0.25, 0.3) is 0 Å². The van der Waals surface area contributed by atoms with Crippen LogP contribution in [-0.2, 0) is 11.3 Å². The molecule has 0 N–H and O–H groups in total. The molecular formula is C15H21N3OS. The van der Waals surface area contributed by atoms with Crippen molar-refractivity contribution in [1.29, 1.82) is 0 Å². The fraction of sp³-hybridized carbons (Fsp3) is 0.600. The Morgan fingerprint density at radius 1 is 1.40 bits per heavy atom. The molecule has 0 saturated carbocycles. The Morgan fingerprint density at radius 3 is 3.10 bits per heavy atom. The number of amidine groups is 1. The number of nitrogens with zero attached hydrogens (tertiary/aromatic N) is 3. The van der Waals surface area contributed by atoms with Crippen LogP contribution in [-0.4, -0.2) is 46.6 Å². The maximum Gasteiger partial charge on any atom is 0.159 e. The van der Waals surface area contributed by atoms with Gasteiger partial charge in [0.25, 0.3) is 0 Å². The summed E-state index contributed by atoms with van der Waals surface area (Å²) < 4.78 is 5.79. The predicted octanol–water partition coefficient (Wildman–Crippen LogP) is 2.56. The summed E-state index contributed by atoms with van der Waals surface area (Å²) in [6.45, 7) is 3.68. The minimum absolute atomic E-state index is 0.358. The lowest BCUT2D eigenvalue weighted by Crippen LogP contribution is -2.36. The summed E-state index contributed by atoms with van der Waals surface area (Å²) in [5.41, 5.74) is 1.24. The normalized spacial score (nSPS) is 22.6. The first kappa shape index (κ1) is 13.9. The van der Waals surface area contributed by atoms with E-state index >= 15 is 0 Å². The third kappa shape index (κ3) is 3.73. The summed E-state index contributed by atoms with van der Waals surface area (Å²) in [5, 5.41) is 1.18. The molecule has 20 heavy (non-hydrogen) atoms. The topological polar surface area (TPSA) is 37.7 Å². The van der Waals surface area contributed by atoms with E-state index in [4.69, 9.17) is 9.73 Å². The molecule has 4 nitrogen and oxygen atoms in total. The highest BCUT2D eigenvalue weighted by atomic mass is 32.2. The summed E-state index contributed by atoms with van der Waals surface area (Å²) in [7, 11) is 0. The van der Waals surface area contributed by atoms with Crippen molar-refractivity contribution in [2.24, 2.45) is 4.99 Å². The number of hydrogen-bond acceptors (Lipinski definition) is 5. The second-order valence-corrected chi connectivity index (χ2v) is 6.31. The molecule has 2 aliphatic rings. The fourth-order valence-electron chi connectivity index (χ4n) is 2.60. The molecule has 1 saturated heterocycles. The zero-order chi connectivity index (χ0) is 13.6. The summed E-state index contributed by atoms with van der Waals surface area (Å²) in [6, 6.07) is 4.12. The molecule has 1 fully saturated rings. The number of aliphatic imine (C=N–C) groups is 1. The highest BCUT2D eigenvalue weighted by Crippen LogP contribution is 2.21. The van der Waals surface area contributed by atoms with Crippen LogP contribution in [0.15, 0.2) is 29.5 Å². The van der Waals surface area contributed by atoms with Crippen LogP contribution in [0.1, 0.15) is 24.8 Å². The minimum Gasteiger partial charge on any atom is -0.376 e. The molecule has 1 aromatic rings. The van der Waals surface area contributed by atoms with Gasteiger partial charge in [-0.1, -0.05) is 17.8 Å². The molecule has 1 unspecified atom stereocenters. The highest BCUT2D eigenvalue weighted by molar-refractivity contribution is 8.13. The number of aromatic nitrogens is 1. The molecule has 3 rings (SSSR count). The standard InChI is InChI=1S/C15H21N3OS/c1-4-13(10-16-6-1)11-18(12-14-5-2-8-19-14)15-17-7-3-9-20-15/h1,4,6,10,14H,2-3,5,7-9,11-12H2. The largest absolute Gasteiger partial charge is 0.376 e. The summed E-state index contributed by atoms with van der Waals surface area (Å²) >= 11 is 1.87. The lowest BCUT2D eigenvalue weighted by atomic mass is 10.2. The van der Waals surface area contributed by atoms with Gasteiger partial charge in [0, 0.05) is 44.4 Å². The molecule has 0 aromatic carbocycles. The first-order valence-electron chi connectivity index (χ1n) is 7.34. The first-order chi connectivity index (χ1) is 9.92. The van der Waals surface area contributed by atoms with E-state index in [9.17, 15) is 0 Å².